The smallest absolute Gasteiger partial charge is 0.410 e. The predicted molar refractivity (Wildman–Crippen MR) is 96.3 cm³/mol. The van der Waals surface area contributed by atoms with Crippen LogP contribution in [0.2, 0.25) is 0 Å². The molecule has 2 aromatic rings. The molecule has 0 N–H and O–H groups in total. The second kappa shape index (κ2) is 6.58. The van der Waals surface area contributed by atoms with E-state index in [1.807, 2.05) is 20.8 Å². The molecule has 1 fully saturated rings. The quantitative estimate of drug-likeness (QED) is 0.768. The molecule has 1 saturated heterocycles. The number of ether oxygens (including phenoxy) is 1. The molecule has 4 heterocycles. The van der Waals surface area contributed by atoms with Gasteiger partial charge >= 0.3 is 6.09 Å². The predicted octanol–water partition coefficient (Wildman–Crippen LogP) is 3.01. The van der Waals surface area contributed by atoms with Gasteiger partial charge in [0.15, 0.2) is 11.6 Å². The summed E-state index contributed by atoms with van der Waals surface area (Å²) in [5.74, 6) is 2.19. The molecule has 0 unspecified atom stereocenters. The standard InChI is InChI=1S/C19H24FN5O2/c1-19(2,3)27-18(26)24-8-6-12(7-9-24)16-22-15-5-4-13-10-14(20)11-21-17(13)25(15)23-16/h10-12H,4-9H2,1-3H3. The maximum atomic E-state index is 13.4. The van der Waals surface area contributed by atoms with Crippen molar-refractivity contribution in [2.24, 2.45) is 0 Å². The third-order valence-electron chi connectivity index (χ3n) is 4.93. The van der Waals surface area contributed by atoms with Crippen LogP contribution in [0.25, 0.3) is 5.82 Å². The molecule has 0 radical (unpaired) electrons. The zero-order chi connectivity index (χ0) is 19.2. The second-order valence-corrected chi connectivity index (χ2v) is 8.18. The van der Waals surface area contributed by atoms with Crippen LogP contribution in [0.15, 0.2) is 12.3 Å². The number of pyridine rings is 1. The van der Waals surface area contributed by atoms with Crippen LogP contribution in [0.5, 0.6) is 0 Å². The minimum Gasteiger partial charge on any atom is -0.444 e. The third kappa shape index (κ3) is 3.65. The van der Waals surface area contributed by atoms with E-state index in [1.165, 1.54) is 12.3 Å². The van der Waals surface area contributed by atoms with E-state index in [4.69, 9.17) is 9.72 Å². The molecule has 4 rings (SSSR count). The van der Waals surface area contributed by atoms with Gasteiger partial charge in [-0.25, -0.2) is 19.2 Å². The first kappa shape index (κ1) is 17.9. The Labute approximate surface area is 157 Å². The summed E-state index contributed by atoms with van der Waals surface area (Å²) < 4.78 is 20.6. The Hall–Kier alpha value is -2.51. The number of aromatic nitrogens is 4. The Morgan fingerprint density at radius 2 is 2.00 bits per heavy atom. The van der Waals surface area contributed by atoms with E-state index >= 15 is 0 Å². The van der Waals surface area contributed by atoms with Crippen LogP contribution < -0.4 is 0 Å². The monoisotopic (exact) mass is 373 g/mol. The van der Waals surface area contributed by atoms with E-state index in [-0.39, 0.29) is 17.8 Å². The first-order chi connectivity index (χ1) is 12.8. The molecule has 144 valence electrons. The Balaban J connectivity index is 1.46. The van der Waals surface area contributed by atoms with Gasteiger partial charge in [-0.2, -0.15) is 4.68 Å². The lowest BCUT2D eigenvalue weighted by atomic mass is 9.96. The number of fused-ring (bicyclic) bond motifs is 3. The number of halogens is 1. The largest absolute Gasteiger partial charge is 0.444 e. The lowest BCUT2D eigenvalue weighted by molar-refractivity contribution is 0.0203. The number of hydrogen-bond donors (Lipinski definition) is 0. The minimum absolute atomic E-state index is 0.200. The summed E-state index contributed by atoms with van der Waals surface area (Å²) in [6.45, 7) is 6.87. The number of amides is 1. The van der Waals surface area contributed by atoms with Gasteiger partial charge in [0.25, 0.3) is 0 Å². The van der Waals surface area contributed by atoms with E-state index in [9.17, 15) is 9.18 Å². The summed E-state index contributed by atoms with van der Waals surface area (Å²) in [6, 6.07) is 1.52. The fourth-order valence-electron chi connectivity index (χ4n) is 3.61. The fourth-order valence-corrected chi connectivity index (χ4v) is 3.61. The topological polar surface area (TPSA) is 73.1 Å². The van der Waals surface area contributed by atoms with Crippen molar-refractivity contribution in [3.63, 3.8) is 0 Å². The van der Waals surface area contributed by atoms with Crippen LogP contribution in [0.1, 0.15) is 56.7 Å². The molecule has 0 bridgehead atoms. The van der Waals surface area contributed by atoms with Crippen molar-refractivity contribution >= 4 is 6.09 Å². The minimum atomic E-state index is -0.488. The van der Waals surface area contributed by atoms with E-state index in [0.29, 0.717) is 18.9 Å². The molecule has 0 aromatic carbocycles. The molecule has 2 aromatic heterocycles. The molecule has 0 aliphatic carbocycles. The summed E-state index contributed by atoms with van der Waals surface area (Å²) in [5, 5.41) is 4.66. The van der Waals surface area contributed by atoms with Crippen LogP contribution in [-0.4, -0.2) is 49.4 Å². The normalized spacial score (nSPS) is 17.4. The first-order valence-corrected chi connectivity index (χ1v) is 9.39. The SMILES string of the molecule is CC(C)(C)OC(=O)N1CCC(c2nc3n(n2)-c2ncc(F)cc2CC3)CC1. The van der Waals surface area contributed by atoms with Crippen LogP contribution in [0.4, 0.5) is 9.18 Å². The van der Waals surface area contributed by atoms with E-state index in [0.717, 1.165) is 42.9 Å². The lowest BCUT2D eigenvalue weighted by Gasteiger charge is -2.32. The molecule has 0 saturated carbocycles. The van der Waals surface area contributed by atoms with Gasteiger partial charge in [0.1, 0.15) is 17.2 Å². The Kier molecular flexibility index (Phi) is 4.36. The zero-order valence-corrected chi connectivity index (χ0v) is 15.9. The van der Waals surface area contributed by atoms with E-state index in [2.05, 4.69) is 10.1 Å². The highest BCUT2D eigenvalue weighted by Crippen LogP contribution is 2.29. The number of hydrogen-bond acceptors (Lipinski definition) is 5. The van der Waals surface area contributed by atoms with Crippen LogP contribution in [0.3, 0.4) is 0 Å². The zero-order valence-electron chi connectivity index (χ0n) is 15.9. The fraction of sp³-hybridized carbons (Fsp3) is 0.579. The van der Waals surface area contributed by atoms with Crippen molar-refractivity contribution in [1.29, 1.82) is 0 Å². The number of aryl methyl sites for hydroxylation is 2. The average Bonchev–Trinajstić information content (AvgIpc) is 3.04. The molecule has 0 atom stereocenters. The number of piperidine rings is 1. The Morgan fingerprint density at radius 1 is 1.26 bits per heavy atom. The molecule has 8 heteroatoms. The molecule has 0 spiro atoms. The number of rotatable bonds is 1. The van der Waals surface area contributed by atoms with E-state index < -0.39 is 5.60 Å². The summed E-state index contributed by atoms with van der Waals surface area (Å²) >= 11 is 0. The van der Waals surface area contributed by atoms with Gasteiger partial charge in [0, 0.05) is 31.0 Å². The molecular weight excluding hydrogens is 349 g/mol. The molecule has 2 aliphatic heterocycles. The summed E-state index contributed by atoms with van der Waals surface area (Å²) in [5.41, 5.74) is 0.372. The van der Waals surface area contributed by atoms with Gasteiger partial charge in [0.2, 0.25) is 0 Å². The van der Waals surface area contributed by atoms with Gasteiger partial charge in [-0.05, 0) is 46.1 Å². The molecule has 7 nitrogen and oxygen atoms in total. The molecule has 1 amide bonds. The number of likely N-dealkylation sites (tertiary alicyclic amines) is 1. The number of carbonyl (C=O) groups is 1. The van der Waals surface area contributed by atoms with Crippen molar-refractivity contribution < 1.29 is 13.9 Å². The highest BCUT2D eigenvalue weighted by atomic mass is 19.1. The van der Waals surface area contributed by atoms with Crippen molar-refractivity contribution in [2.75, 3.05) is 13.1 Å². The van der Waals surface area contributed by atoms with Gasteiger partial charge in [0.05, 0.1) is 6.20 Å². The van der Waals surface area contributed by atoms with Gasteiger partial charge in [-0.15, -0.1) is 5.10 Å². The van der Waals surface area contributed by atoms with Crippen molar-refractivity contribution in [3.8, 4) is 5.82 Å². The maximum Gasteiger partial charge on any atom is 0.410 e. The first-order valence-electron chi connectivity index (χ1n) is 9.39. The Bertz CT molecular complexity index is 865. The number of nitrogens with zero attached hydrogens (tertiary/aromatic N) is 5. The maximum absolute atomic E-state index is 13.4. The number of carbonyl (C=O) groups excluding carboxylic acids is 1. The molecule has 2 aliphatic rings. The summed E-state index contributed by atoms with van der Waals surface area (Å²) in [6.07, 6.45) is 3.99. The average molecular weight is 373 g/mol. The third-order valence-corrected chi connectivity index (χ3v) is 4.93. The van der Waals surface area contributed by atoms with Crippen molar-refractivity contribution in [2.45, 2.75) is 58.0 Å². The van der Waals surface area contributed by atoms with Crippen molar-refractivity contribution in [1.82, 2.24) is 24.6 Å². The van der Waals surface area contributed by atoms with Crippen LogP contribution in [0, 0.1) is 5.82 Å². The van der Waals surface area contributed by atoms with E-state index in [1.54, 1.807) is 9.58 Å². The highest BCUT2D eigenvalue weighted by molar-refractivity contribution is 5.68. The summed E-state index contributed by atoms with van der Waals surface area (Å²) in [4.78, 5) is 22.9. The van der Waals surface area contributed by atoms with Gasteiger partial charge < -0.3 is 9.64 Å². The van der Waals surface area contributed by atoms with Gasteiger partial charge in [-0.1, -0.05) is 0 Å². The van der Waals surface area contributed by atoms with Crippen molar-refractivity contribution in [3.05, 3.63) is 35.3 Å². The highest BCUT2D eigenvalue weighted by Gasteiger charge is 2.31. The molecular formula is C19H24FN5O2. The lowest BCUT2D eigenvalue weighted by Crippen LogP contribution is -2.41. The van der Waals surface area contributed by atoms with Crippen LogP contribution in [-0.2, 0) is 17.6 Å². The second-order valence-electron chi connectivity index (χ2n) is 8.18. The molecule has 27 heavy (non-hydrogen) atoms. The van der Waals surface area contributed by atoms with Crippen LogP contribution >= 0.6 is 0 Å². The summed E-state index contributed by atoms with van der Waals surface area (Å²) in [7, 11) is 0. The van der Waals surface area contributed by atoms with Gasteiger partial charge in [-0.3, -0.25) is 0 Å². The Morgan fingerprint density at radius 3 is 2.70 bits per heavy atom.